The maximum Gasteiger partial charge on any atom is 0.270 e. The van der Waals surface area contributed by atoms with E-state index in [2.05, 4.69) is 15.2 Å². The Balaban J connectivity index is 2.19. The Morgan fingerprint density at radius 3 is 2.63 bits per heavy atom. The van der Waals surface area contributed by atoms with Crippen LogP contribution in [0.25, 0.3) is 16.6 Å². The molecule has 2 aromatic carbocycles. The number of non-ortho nitro benzene ring substituents is 1. The Hall–Kier alpha value is -3.10. The van der Waals surface area contributed by atoms with Crippen LogP contribution in [0.2, 0.25) is 0 Å². The van der Waals surface area contributed by atoms with E-state index in [1.807, 2.05) is 44.4 Å². The minimum Gasteiger partial charge on any atom is -0.318 e. The van der Waals surface area contributed by atoms with E-state index in [1.54, 1.807) is 0 Å². The number of rotatable bonds is 7. The van der Waals surface area contributed by atoms with Crippen molar-refractivity contribution >= 4 is 16.6 Å². The van der Waals surface area contributed by atoms with Gasteiger partial charge in [0.25, 0.3) is 11.2 Å². The fourth-order valence-electron chi connectivity index (χ4n) is 2.91. The van der Waals surface area contributed by atoms with Gasteiger partial charge in [0.05, 0.1) is 28.1 Å². The molecule has 0 aliphatic carbocycles. The van der Waals surface area contributed by atoms with E-state index >= 15 is 0 Å². The molecule has 0 fully saturated rings. The van der Waals surface area contributed by atoms with E-state index in [0.717, 1.165) is 13.1 Å². The van der Waals surface area contributed by atoms with Crippen molar-refractivity contribution in [2.45, 2.75) is 6.54 Å². The summed E-state index contributed by atoms with van der Waals surface area (Å²) >= 11 is 0. The second kappa shape index (κ2) is 8.07. The summed E-state index contributed by atoms with van der Waals surface area (Å²) in [7, 11) is 3.84. The number of nitrogens with zero attached hydrogens (tertiary/aromatic N) is 4. The van der Waals surface area contributed by atoms with Crippen molar-refractivity contribution in [3.05, 3.63) is 74.8 Å². The minimum absolute atomic E-state index is 0.125. The summed E-state index contributed by atoms with van der Waals surface area (Å²) < 4.78 is 1.53. The van der Waals surface area contributed by atoms with E-state index in [0.29, 0.717) is 23.6 Å². The summed E-state index contributed by atoms with van der Waals surface area (Å²) in [5.74, 6) is 0.589. The van der Waals surface area contributed by atoms with Gasteiger partial charge in [-0.05, 0) is 32.3 Å². The van der Waals surface area contributed by atoms with Crippen molar-refractivity contribution in [1.29, 1.82) is 0 Å². The molecule has 0 bridgehead atoms. The van der Waals surface area contributed by atoms with Gasteiger partial charge in [0.1, 0.15) is 5.82 Å². The molecule has 3 aromatic rings. The van der Waals surface area contributed by atoms with Crippen molar-refractivity contribution in [3.63, 3.8) is 0 Å². The van der Waals surface area contributed by atoms with E-state index in [1.165, 1.54) is 22.8 Å². The number of benzene rings is 2. The van der Waals surface area contributed by atoms with Crippen LogP contribution in [0.15, 0.2) is 53.3 Å². The first kappa shape index (κ1) is 18.7. The minimum atomic E-state index is -0.509. The average Bonchev–Trinajstić information content (AvgIpc) is 2.67. The predicted octanol–water partition coefficient (Wildman–Crippen LogP) is 1.95. The standard InChI is InChI=1S/C19H21N5O3/c1-20-10-11-22(2)13-18-21-17-9-8-15(24(26)27)12-16(17)19(25)23(18)14-6-4-3-5-7-14/h3-9,12,20H,10-11,13H2,1-2H3. The molecule has 8 heteroatoms. The molecule has 0 amide bonds. The Bertz CT molecular complexity index is 1020. The molecule has 0 saturated heterocycles. The van der Waals surface area contributed by atoms with Crippen LogP contribution in [-0.4, -0.2) is 46.6 Å². The third kappa shape index (κ3) is 4.02. The van der Waals surface area contributed by atoms with Gasteiger partial charge in [-0.2, -0.15) is 0 Å². The van der Waals surface area contributed by atoms with Crippen LogP contribution in [0.1, 0.15) is 5.82 Å². The highest BCUT2D eigenvalue weighted by molar-refractivity contribution is 5.80. The van der Waals surface area contributed by atoms with Crippen LogP contribution in [-0.2, 0) is 6.54 Å². The molecular formula is C19H21N5O3. The summed E-state index contributed by atoms with van der Waals surface area (Å²) in [6, 6.07) is 13.4. The zero-order valence-corrected chi connectivity index (χ0v) is 15.3. The third-order valence-electron chi connectivity index (χ3n) is 4.30. The molecule has 1 heterocycles. The van der Waals surface area contributed by atoms with Gasteiger partial charge in [0, 0.05) is 25.2 Å². The molecule has 0 unspecified atom stereocenters. The first-order chi connectivity index (χ1) is 13.0. The molecule has 0 radical (unpaired) electrons. The summed E-state index contributed by atoms with van der Waals surface area (Å²) in [5, 5.41) is 14.4. The van der Waals surface area contributed by atoms with Crippen LogP contribution in [0.3, 0.4) is 0 Å². The van der Waals surface area contributed by atoms with Crippen molar-refractivity contribution in [3.8, 4) is 5.69 Å². The maximum absolute atomic E-state index is 13.2. The van der Waals surface area contributed by atoms with E-state index in [9.17, 15) is 14.9 Å². The predicted molar refractivity (Wildman–Crippen MR) is 104 cm³/mol. The first-order valence-corrected chi connectivity index (χ1v) is 8.60. The number of nitrogens with one attached hydrogen (secondary N) is 1. The summed E-state index contributed by atoms with van der Waals surface area (Å²) in [5.41, 5.74) is 0.696. The zero-order valence-electron chi connectivity index (χ0n) is 15.3. The molecular weight excluding hydrogens is 346 g/mol. The molecule has 140 valence electrons. The van der Waals surface area contributed by atoms with E-state index < -0.39 is 4.92 Å². The summed E-state index contributed by atoms with van der Waals surface area (Å²) in [6.07, 6.45) is 0. The number of para-hydroxylation sites is 1. The van der Waals surface area contributed by atoms with Crippen LogP contribution in [0.5, 0.6) is 0 Å². The maximum atomic E-state index is 13.2. The highest BCUT2D eigenvalue weighted by Gasteiger charge is 2.16. The molecule has 0 aliphatic heterocycles. The Labute approximate surface area is 156 Å². The monoisotopic (exact) mass is 367 g/mol. The number of nitro benzene ring substituents is 1. The number of aromatic nitrogens is 2. The second-order valence-corrected chi connectivity index (χ2v) is 6.30. The Morgan fingerprint density at radius 2 is 1.96 bits per heavy atom. The Morgan fingerprint density at radius 1 is 1.22 bits per heavy atom. The molecule has 0 saturated carbocycles. The molecule has 1 N–H and O–H groups in total. The normalized spacial score (nSPS) is 11.2. The fraction of sp³-hybridized carbons (Fsp3) is 0.263. The lowest BCUT2D eigenvalue weighted by Gasteiger charge is -2.19. The van der Waals surface area contributed by atoms with Gasteiger partial charge in [0.15, 0.2) is 0 Å². The second-order valence-electron chi connectivity index (χ2n) is 6.30. The van der Waals surface area contributed by atoms with Gasteiger partial charge in [-0.3, -0.25) is 24.4 Å². The zero-order chi connectivity index (χ0) is 19.4. The van der Waals surface area contributed by atoms with Gasteiger partial charge in [-0.15, -0.1) is 0 Å². The quantitative estimate of drug-likeness (QED) is 0.507. The van der Waals surface area contributed by atoms with Crippen LogP contribution >= 0.6 is 0 Å². The van der Waals surface area contributed by atoms with Crippen molar-refractivity contribution in [2.75, 3.05) is 27.2 Å². The number of fused-ring (bicyclic) bond motifs is 1. The Kier molecular flexibility index (Phi) is 5.58. The molecule has 8 nitrogen and oxygen atoms in total. The smallest absolute Gasteiger partial charge is 0.270 e. The molecule has 3 rings (SSSR count). The topological polar surface area (TPSA) is 93.3 Å². The summed E-state index contributed by atoms with van der Waals surface area (Å²) in [4.78, 5) is 30.5. The lowest BCUT2D eigenvalue weighted by atomic mass is 10.2. The van der Waals surface area contributed by atoms with Crippen LogP contribution < -0.4 is 10.9 Å². The van der Waals surface area contributed by atoms with Crippen LogP contribution in [0.4, 0.5) is 5.69 Å². The molecule has 1 aromatic heterocycles. The molecule has 0 aliphatic rings. The number of hydrogen-bond donors (Lipinski definition) is 1. The number of likely N-dealkylation sites (N-methyl/N-ethyl adjacent to an activating group) is 2. The highest BCUT2D eigenvalue weighted by Crippen LogP contribution is 2.19. The van der Waals surface area contributed by atoms with Gasteiger partial charge >= 0.3 is 0 Å². The summed E-state index contributed by atoms with van der Waals surface area (Å²) in [6.45, 7) is 2.07. The van der Waals surface area contributed by atoms with Crippen molar-refractivity contribution in [1.82, 2.24) is 19.8 Å². The third-order valence-corrected chi connectivity index (χ3v) is 4.30. The van der Waals surface area contributed by atoms with E-state index in [4.69, 9.17) is 0 Å². The lowest BCUT2D eigenvalue weighted by Crippen LogP contribution is -2.31. The van der Waals surface area contributed by atoms with Gasteiger partial charge < -0.3 is 5.32 Å². The van der Waals surface area contributed by atoms with Crippen LogP contribution in [0, 0.1) is 10.1 Å². The number of hydrogen-bond acceptors (Lipinski definition) is 6. The van der Waals surface area contributed by atoms with Gasteiger partial charge in [-0.25, -0.2) is 4.98 Å². The highest BCUT2D eigenvalue weighted by atomic mass is 16.6. The largest absolute Gasteiger partial charge is 0.318 e. The first-order valence-electron chi connectivity index (χ1n) is 8.60. The van der Waals surface area contributed by atoms with E-state index in [-0.39, 0.29) is 16.6 Å². The molecule has 0 spiro atoms. The van der Waals surface area contributed by atoms with Gasteiger partial charge in [0.2, 0.25) is 0 Å². The average molecular weight is 367 g/mol. The number of nitro groups is 1. The lowest BCUT2D eigenvalue weighted by molar-refractivity contribution is -0.384. The fourth-order valence-corrected chi connectivity index (χ4v) is 2.91. The van der Waals surface area contributed by atoms with Crippen molar-refractivity contribution < 1.29 is 4.92 Å². The molecule has 27 heavy (non-hydrogen) atoms. The van der Waals surface area contributed by atoms with Gasteiger partial charge in [-0.1, -0.05) is 18.2 Å². The SMILES string of the molecule is CNCCN(C)Cc1nc2ccc([N+](=O)[O-])cc2c(=O)n1-c1ccccc1. The van der Waals surface area contributed by atoms with Crippen molar-refractivity contribution in [2.24, 2.45) is 0 Å². The molecule has 0 atom stereocenters.